The summed E-state index contributed by atoms with van der Waals surface area (Å²) >= 11 is 0. The van der Waals surface area contributed by atoms with Gasteiger partial charge in [0.05, 0.1) is 4.90 Å². The van der Waals surface area contributed by atoms with Crippen molar-refractivity contribution in [3.63, 3.8) is 0 Å². The van der Waals surface area contributed by atoms with E-state index in [2.05, 4.69) is 10.3 Å². The summed E-state index contributed by atoms with van der Waals surface area (Å²) in [6, 6.07) is 9.50. The Morgan fingerprint density at radius 2 is 1.80 bits per heavy atom. The van der Waals surface area contributed by atoms with Crippen molar-refractivity contribution in [2.45, 2.75) is 24.2 Å². The molecule has 132 valence electrons. The lowest BCUT2D eigenvalue weighted by molar-refractivity contribution is -0.121. The second-order valence-corrected chi connectivity index (χ2v) is 7.02. The van der Waals surface area contributed by atoms with Crippen LogP contribution < -0.4 is 10.5 Å². The fourth-order valence-corrected chi connectivity index (χ4v) is 2.69. The molecule has 0 aliphatic heterocycles. The molecule has 0 saturated heterocycles. The second-order valence-electron chi connectivity index (χ2n) is 5.45. The van der Waals surface area contributed by atoms with Gasteiger partial charge in [0, 0.05) is 37.3 Å². The van der Waals surface area contributed by atoms with Crippen LogP contribution in [-0.4, -0.2) is 31.6 Å². The minimum absolute atomic E-state index is 0.0502. The zero-order valence-corrected chi connectivity index (χ0v) is 14.3. The van der Waals surface area contributed by atoms with E-state index in [0.29, 0.717) is 18.5 Å². The predicted molar refractivity (Wildman–Crippen MR) is 92.3 cm³/mol. The van der Waals surface area contributed by atoms with Crippen molar-refractivity contribution < 1.29 is 18.0 Å². The standard InChI is InChI=1S/C17H19N3O4S/c18-25(23,24)15-5-3-13(4-6-15)9-11-20-17(22)8-7-16(21)14-2-1-10-19-12-14/h1-6,10,12H,7-9,11H2,(H,20,22)(H2,18,23,24). The molecule has 0 fully saturated rings. The molecule has 1 aromatic carbocycles. The molecule has 0 atom stereocenters. The molecule has 0 radical (unpaired) electrons. The van der Waals surface area contributed by atoms with Crippen LogP contribution in [0.25, 0.3) is 0 Å². The SMILES string of the molecule is NS(=O)(=O)c1ccc(CCNC(=O)CCC(=O)c2cccnc2)cc1. The molecule has 0 saturated carbocycles. The second kappa shape index (κ2) is 8.50. The molecule has 8 heteroatoms. The number of nitrogens with one attached hydrogen (secondary N) is 1. The lowest BCUT2D eigenvalue weighted by atomic mass is 10.1. The van der Waals surface area contributed by atoms with Crippen molar-refractivity contribution in [3.8, 4) is 0 Å². The van der Waals surface area contributed by atoms with Crippen molar-refractivity contribution in [2.75, 3.05) is 6.54 Å². The number of nitrogens with two attached hydrogens (primary N) is 1. The van der Waals surface area contributed by atoms with E-state index in [1.807, 2.05) is 0 Å². The molecular formula is C17H19N3O4S. The van der Waals surface area contributed by atoms with E-state index in [9.17, 15) is 18.0 Å². The Morgan fingerprint density at radius 1 is 1.08 bits per heavy atom. The van der Waals surface area contributed by atoms with Crippen LogP contribution in [0, 0.1) is 0 Å². The fraction of sp³-hybridized carbons (Fsp3) is 0.235. The summed E-state index contributed by atoms with van der Waals surface area (Å²) in [4.78, 5) is 27.6. The Morgan fingerprint density at radius 3 is 2.40 bits per heavy atom. The summed E-state index contributed by atoms with van der Waals surface area (Å²) < 4.78 is 22.3. The minimum Gasteiger partial charge on any atom is -0.356 e. The molecule has 1 amide bonds. The number of carbonyl (C=O) groups excluding carboxylic acids is 2. The van der Waals surface area contributed by atoms with Crippen molar-refractivity contribution in [1.29, 1.82) is 0 Å². The summed E-state index contributed by atoms with van der Waals surface area (Å²) in [7, 11) is -3.70. The highest BCUT2D eigenvalue weighted by atomic mass is 32.2. The van der Waals surface area contributed by atoms with Gasteiger partial charge >= 0.3 is 0 Å². The van der Waals surface area contributed by atoms with Gasteiger partial charge in [-0.3, -0.25) is 14.6 Å². The molecule has 0 spiro atoms. The number of hydrogen-bond acceptors (Lipinski definition) is 5. The van der Waals surface area contributed by atoms with Crippen LogP contribution in [0.2, 0.25) is 0 Å². The molecule has 7 nitrogen and oxygen atoms in total. The number of nitrogens with zero attached hydrogens (tertiary/aromatic N) is 1. The van der Waals surface area contributed by atoms with E-state index in [-0.39, 0.29) is 29.4 Å². The lowest BCUT2D eigenvalue weighted by Gasteiger charge is -2.06. The monoisotopic (exact) mass is 361 g/mol. The molecule has 1 aromatic heterocycles. The molecule has 0 aliphatic carbocycles. The first-order chi connectivity index (χ1) is 11.9. The van der Waals surface area contributed by atoms with Gasteiger partial charge in [-0.05, 0) is 36.2 Å². The quantitative estimate of drug-likeness (QED) is 0.681. The number of Topliss-reactive ketones (excluding diaryl/α,β-unsaturated/α-hetero) is 1. The maximum atomic E-state index is 11.9. The first-order valence-corrected chi connectivity index (χ1v) is 9.22. The Bertz CT molecular complexity index is 834. The van der Waals surface area contributed by atoms with Crippen LogP contribution in [0.3, 0.4) is 0 Å². The third-order valence-corrected chi connectivity index (χ3v) is 4.48. The van der Waals surface area contributed by atoms with Gasteiger partial charge in [0.2, 0.25) is 15.9 Å². The molecule has 3 N–H and O–H groups in total. The van der Waals surface area contributed by atoms with Crippen molar-refractivity contribution >= 4 is 21.7 Å². The van der Waals surface area contributed by atoms with E-state index in [1.165, 1.54) is 18.3 Å². The topological polar surface area (TPSA) is 119 Å². The van der Waals surface area contributed by atoms with Gasteiger partial charge < -0.3 is 5.32 Å². The minimum atomic E-state index is -3.70. The zero-order chi connectivity index (χ0) is 18.3. The first kappa shape index (κ1) is 18.8. The van der Waals surface area contributed by atoms with Gasteiger partial charge in [0.25, 0.3) is 0 Å². The zero-order valence-electron chi connectivity index (χ0n) is 13.5. The molecule has 2 rings (SSSR count). The highest BCUT2D eigenvalue weighted by Crippen LogP contribution is 2.09. The van der Waals surface area contributed by atoms with E-state index < -0.39 is 10.0 Å². The van der Waals surface area contributed by atoms with E-state index >= 15 is 0 Å². The number of rotatable bonds is 8. The lowest BCUT2D eigenvalue weighted by Crippen LogP contribution is -2.26. The van der Waals surface area contributed by atoms with Crippen LogP contribution >= 0.6 is 0 Å². The van der Waals surface area contributed by atoms with Crippen LogP contribution in [0.5, 0.6) is 0 Å². The summed E-state index contributed by atoms with van der Waals surface area (Å²) in [6.45, 7) is 0.397. The van der Waals surface area contributed by atoms with Crippen LogP contribution in [0.1, 0.15) is 28.8 Å². The number of pyridine rings is 1. The smallest absolute Gasteiger partial charge is 0.238 e. The van der Waals surface area contributed by atoms with E-state index in [4.69, 9.17) is 5.14 Å². The van der Waals surface area contributed by atoms with Gasteiger partial charge in [-0.15, -0.1) is 0 Å². The van der Waals surface area contributed by atoms with Gasteiger partial charge in [-0.1, -0.05) is 12.1 Å². The number of sulfonamides is 1. The summed E-state index contributed by atoms with van der Waals surface area (Å²) in [5.74, 6) is -0.333. The highest BCUT2D eigenvalue weighted by Gasteiger charge is 2.09. The van der Waals surface area contributed by atoms with Crippen molar-refractivity contribution in [2.24, 2.45) is 5.14 Å². The van der Waals surface area contributed by atoms with Crippen LogP contribution in [0.15, 0.2) is 53.7 Å². The largest absolute Gasteiger partial charge is 0.356 e. The molecule has 1 heterocycles. The number of ketones is 1. The molecule has 2 aromatic rings. The molecule has 0 bridgehead atoms. The van der Waals surface area contributed by atoms with Gasteiger partial charge in [-0.2, -0.15) is 0 Å². The first-order valence-electron chi connectivity index (χ1n) is 7.68. The van der Waals surface area contributed by atoms with Gasteiger partial charge in [0.1, 0.15) is 0 Å². The Kier molecular flexibility index (Phi) is 6.37. The highest BCUT2D eigenvalue weighted by molar-refractivity contribution is 7.89. The summed E-state index contributed by atoms with van der Waals surface area (Å²) in [5, 5.41) is 7.76. The molecule has 0 unspecified atom stereocenters. The number of aromatic nitrogens is 1. The van der Waals surface area contributed by atoms with Crippen molar-refractivity contribution in [1.82, 2.24) is 10.3 Å². The van der Waals surface area contributed by atoms with E-state index in [1.54, 1.807) is 30.5 Å². The van der Waals surface area contributed by atoms with E-state index in [0.717, 1.165) is 5.56 Å². The number of benzene rings is 1. The fourth-order valence-electron chi connectivity index (χ4n) is 2.18. The number of primary sulfonamides is 1. The molecular weight excluding hydrogens is 342 g/mol. The van der Waals surface area contributed by atoms with Gasteiger partial charge in [0.15, 0.2) is 5.78 Å². The van der Waals surface area contributed by atoms with Crippen LogP contribution in [0.4, 0.5) is 0 Å². The Labute approximate surface area is 146 Å². The Balaban J connectivity index is 1.73. The molecule has 25 heavy (non-hydrogen) atoms. The number of carbonyl (C=O) groups is 2. The predicted octanol–water partition coefficient (Wildman–Crippen LogP) is 1.05. The maximum Gasteiger partial charge on any atom is 0.238 e. The average Bonchev–Trinajstić information content (AvgIpc) is 2.60. The maximum absolute atomic E-state index is 11.9. The summed E-state index contributed by atoms with van der Waals surface area (Å²) in [6.07, 6.45) is 3.84. The number of hydrogen-bond donors (Lipinski definition) is 2. The van der Waals surface area contributed by atoms with Crippen LogP contribution in [-0.2, 0) is 21.2 Å². The van der Waals surface area contributed by atoms with Crippen molar-refractivity contribution in [3.05, 3.63) is 59.9 Å². The summed E-state index contributed by atoms with van der Waals surface area (Å²) in [5.41, 5.74) is 1.37. The Hall–Kier alpha value is -2.58. The van der Waals surface area contributed by atoms with Gasteiger partial charge in [-0.25, -0.2) is 13.6 Å². The average molecular weight is 361 g/mol. The number of amides is 1. The molecule has 0 aliphatic rings. The third kappa shape index (κ3) is 6.09. The third-order valence-electron chi connectivity index (χ3n) is 3.55. The normalized spacial score (nSPS) is 11.1.